The van der Waals surface area contributed by atoms with Crippen LogP contribution in [0.3, 0.4) is 0 Å². The van der Waals surface area contributed by atoms with Gasteiger partial charge in [0.25, 0.3) is 0 Å². The van der Waals surface area contributed by atoms with Crippen LogP contribution >= 0.6 is 0 Å². The third-order valence-electron chi connectivity index (χ3n) is 2.05. The number of rotatable bonds is 3. The number of aromatic nitrogens is 2. The molecule has 0 saturated heterocycles. The summed E-state index contributed by atoms with van der Waals surface area (Å²) in [5.74, 6) is 0. The maximum atomic E-state index is 10.6. The molecule has 0 atom stereocenters. The van der Waals surface area contributed by atoms with Crippen molar-refractivity contribution < 1.29 is 9.59 Å². The highest BCUT2D eigenvalue weighted by molar-refractivity contribution is 5.72. The van der Waals surface area contributed by atoms with Gasteiger partial charge in [0.05, 0.1) is 11.4 Å². The molecule has 0 aliphatic heterocycles. The van der Waals surface area contributed by atoms with Crippen LogP contribution in [0.25, 0.3) is 11.4 Å². The lowest BCUT2D eigenvalue weighted by Gasteiger charge is -2.02. The van der Waals surface area contributed by atoms with Crippen LogP contribution < -0.4 is 0 Å². The zero-order valence-electron chi connectivity index (χ0n) is 7.33. The molecule has 0 saturated carbocycles. The van der Waals surface area contributed by atoms with Crippen molar-refractivity contribution in [3.63, 3.8) is 0 Å². The fourth-order valence-electron chi connectivity index (χ4n) is 1.41. The summed E-state index contributed by atoms with van der Waals surface area (Å²) in [6.45, 7) is 0. The normalized spacial score (nSPS) is 10.0. The van der Waals surface area contributed by atoms with Crippen LogP contribution in [0.4, 0.5) is 0 Å². The predicted molar refractivity (Wildman–Crippen MR) is 52.2 cm³/mol. The van der Waals surface area contributed by atoms with Crippen molar-refractivity contribution in [2.24, 2.45) is 0 Å². The van der Waals surface area contributed by atoms with Crippen LogP contribution in [0.2, 0.25) is 0 Å². The maximum absolute atomic E-state index is 10.6. The fraction of sp³-hybridized carbons (Fsp3) is 0. The van der Waals surface area contributed by atoms with E-state index in [9.17, 15) is 9.59 Å². The van der Waals surface area contributed by atoms with E-state index in [1.165, 1.54) is 9.13 Å². The molecule has 0 unspecified atom stereocenters. The monoisotopic (exact) mass is 188 g/mol. The van der Waals surface area contributed by atoms with E-state index in [-0.39, 0.29) is 0 Å². The van der Waals surface area contributed by atoms with Crippen molar-refractivity contribution in [2.45, 2.75) is 0 Å². The molecule has 4 nitrogen and oxygen atoms in total. The van der Waals surface area contributed by atoms with Gasteiger partial charge in [0.2, 0.25) is 12.8 Å². The number of hydrogen-bond donors (Lipinski definition) is 0. The molecular formula is C10H8N2O2. The van der Waals surface area contributed by atoms with Crippen LogP contribution in [0.15, 0.2) is 36.7 Å². The lowest BCUT2D eigenvalue weighted by molar-refractivity contribution is 0.545. The zero-order valence-corrected chi connectivity index (χ0v) is 7.33. The van der Waals surface area contributed by atoms with E-state index < -0.39 is 0 Å². The Balaban J connectivity index is 2.59. The lowest BCUT2D eigenvalue weighted by atomic mass is 10.3. The fourth-order valence-corrected chi connectivity index (χ4v) is 1.41. The van der Waals surface area contributed by atoms with Crippen molar-refractivity contribution in [1.29, 1.82) is 0 Å². The minimum atomic E-state index is 0.706. The van der Waals surface area contributed by atoms with Crippen LogP contribution in [0.1, 0.15) is 0 Å². The molecule has 4 heteroatoms. The van der Waals surface area contributed by atoms with Crippen molar-refractivity contribution in [1.82, 2.24) is 9.13 Å². The van der Waals surface area contributed by atoms with Gasteiger partial charge in [-0.25, -0.2) is 0 Å². The molecule has 2 aromatic rings. The molecule has 0 fully saturated rings. The van der Waals surface area contributed by atoms with Crippen LogP contribution in [0.5, 0.6) is 0 Å². The number of carbonyl (C=O) groups excluding carboxylic acids is 2. The third kappa shape index (κ3) is 1.17. The first kappa shape index (κ1) is 8.50. The lowest BCUT2D eigenvalue weighted by Crippen LogP contribution is -2.00. The standard InChI is InChI=1S/C10H8N2O2/c13-7-11-5-1-3-9(11)10-4-2-6-12(10)8-14/h1-8H. The van der Waals surface area contributed by atoms with Crippen LogP contribution in [0, 0.1) is 0 Å². The number of carbonyl (C=O) groups is 2. The Hall–Kier alpha value is -2.10. The van der Waals surface area contributed by atoms with Crippen molar-refractivity contribution in [2.75, 3.05) is 0 Å². The molecule has 2 aromatic heterocycles. The Morgan fingerprint density at radius 2 is 1.29 bits per heavy atom. The molecule has 2 heterocycles. The van der Waals surface area contributed by atoms with Gasteiger partial charge in [-0.1, -0.05) is 0 Å². The number of nitrogens with zero attached hydrogens (tertiary/aromatic N) is 2. The smallest absolute Gasteiger partial charge is 0.218 e. The zero-order chi connectivity index (χ0) is 9.97. The first-order valence-electron chi connectivity index (χ1n) is 4.11. The first-order chi connectivity index (χ1) is 6.86. The van der Waals surface area contributed by atoms with E-state index in [0.717, 1.165) is 0 Å². The molecule has 0 bridgehead atoms. The molecule has 0 aliphatic carbocycles. The summed E-state index contributed by atoms with van der Waals surface area (Å²) in [6, 6.07) is 7.07. The minimum Gasteiger partial charge on any atom is -0.288 e. The molecule has 0 aliphatic rings. The Morgan fingerprint density at radius 1 is 0.857 bits per heavy atom. The van der Waals surface area contributed by atoms with Crippen molar-refractivity contribution in [3.8, 4) is 11.4 Å². The van der Waals surface area contributed by atoms with Gasteiger partial charge in [0.15, 0.2) is 0 Å². The first-order valence-corrected chi connectivity index (χ1v) is 4.11. The summed E-state index contributed by atoms with van der Waals surface area (Å²) in [4.78, 5) is 21.3. The van der Waals surface area contributed by atoms with Gasteiger partial charge >= 0.3 is 0 Å². The summed E-state index contributed by atoms with van der Waals surface area (Å²) in [6.07, 6.45) is 4.70. The van der Waals surface area contributed by atoms with Gasteiger partial charge in [-0.3, -0.25) is 18.7 Å². The van der Waals surface area contributed by atoms with E-state index in [1.54, 1.807) is 36.7 Å². The van der Waals surface area contributed by atoms with Gasteiger partial charge < -0.3 is 0 Å². The molecule has 0 radical (unpaired) electrons. The van der Waals surface area contributed by atoms with E-state index in [4.69, 9.17) is 0 Å². The second-order valence-corrected chi connectivity index (χ2v) is 2.81. The molecule has 0 amide bonds. The highest BCUT2D eigenvalue weighted by Gasteiger charge is 2.06. The van der Waals surface area contributed by atoms with Gasteiger partial charge in [0, 0.05) is 12.4 Å². The van der Waals surface area contributed by atoms with Gasteiger partial charge in [-0.05, 0) is 24.3 Å². The van der Waals surface area contributed by atoms with E-state index in [1.807, 2.05) is 0 Å². The molecule has 2 rings (SSSR count). The highest BCUT2D eigenvalue weighted by atomic mass is 16.1. The van der Waals surface area contributed by atoms with Gasteiger partial charge in [-0.15, -0.1) is 0 Å². The Labute approximate surface area is 80.4 Å². The summed E-state index contributed by atoms with van der Waals surface area (Å²) in [5.41, 5.74) is 1.41. The molecule has 0 spiro atoms. The molecule has 70 valence electrons. The largest absolute Gasteiger partial charge is 0.288 e. The molecule has 0 N–H and O–H groups in total. The van der Waals surface area contributed by atoms with Crippen molar-refractivity contribution >= 4 is 12.8 Å². The topological polar surface area (TPSA) is 44.0 Å². The summed E-state index contributed by atoms with van der Waals surface area (Å²) in [7, 11) is 0. The van der Waals surface area contributed by atoms with E-state index in [0.29, 0.717) is 24.2 Å². The minimum absolute atomic E-state index is 0.706. The Kier molecular flexibility index (Phi) is 2.02. The SMILES string of the molecule is O=Cn1cccc1-c1cccn1C=O. The van der Waals surface area contributed by atoms with E-state index in [2.05, 4.69) is 0 Å². The maximum Gasteiger partial charge on any atom is 0.218 e. The van der Waals surface area contributed by atoms with Crippen LogP contribution in [-0.4, -0.2) is 22.0 Å². The Bertz CT molecular complexity index is 424. The Morgan fingerprint density at radius 3 is 1.64 bits per heavy atom. The highest BCUT2D eigenvalue weighted by Crippen LogP contribution is 2.18. The van der Waals surface area contributed by atoms with Crippen molar-refractivity contribution in [3.05, 3.63) is 36.7 Å². The molecule has 0 aromatic carbocycles. The van der Waals surface area contributed by atoms with Crippen LogP contribution in [-0.2, 0) is 9.59 Å². The van der Waals surface area contributed by atoms with Gasteiger partial charge in [0.1, 0.15) is 0 Å². The predicted octanol–water partition coefficient (Wildman–Crippen LogP) is 1.03. The summed E-state index contributed by atoms with van der Waals surface area (Å²) < 4.78 is 2.85. The second-order valence-electron chi connectivity index (χ2n) is 2.81. The average Bonchev–Trinajstić information content (AvgIpc) is 2.85. The second kappa shape index (κ2) is 3.33. The van der Waals surface area contributed by atoms with Gasteiger partial charge in [-0.2, -0.15) is 0 Å². The number of hydrogen-bond acceptors (Lipinski definition) is 2. The molecular weight excluding hydrogens is 180 g/mol. The third-order valence-corrected chi connectivity index (χ3v) is 2.05. The summed E-state index contributed by atoms with van der Waals surface area (Å²) >= 11 is 0. The quantitative estimate of drug-likeness (QED) is 0.675. The van der Waals surface area contributed by atoms with E-state index >= 15 is 0 Å². The molecule has 14 heavy (non-hydrogen) atoms. The average molecular weight is 188 g/mol. The summed E-state index contributed by atoms with van der Waals surface area (Å²) in [5, 5.41) is 0.